The molecule has 0 atom stereocenters. The number of nitrogens with zero attached hydrogens (tertiary/aromatic N) is 4. The Morgan fingerprint density at radius 1 is 0.421 bits per heavy atom. The number of rotatable bonds is 0. The zero-order valence-electron chi connectivity index (χ0n) is 9.00. The third-order valence-corrected chi connectivity index (χ3v) is 0. The molecule has 0 bridgehead atoms. The summed E-state index contributed by atoms with van der Waals surface area (Å²) in [6, 6.07) is 0. The van der Waals surface area contributed by atoms with E-state index in [4.69, 9.17) is 61.3 Å². The second kappa shape index (κ2) is 36.2. The van der Waals surface area contributed by atoms with Crippen LogP contribution in [0.15, 0.2) is 0 Å². The molecular formula is H8N6NiO12. The van der Waals surface area contributed by atoms with Gasteiger partial charge in [-0.25, -0.2) is 0 Å². The van der Waals surface area contributed by atoms with Crippen LogP contribution in [0.2, 0.25) is 0 Å². The number of hydrogen-bond donors (Lipinski definition) is 2. The molecular weight excluding hydrogens is 335 g/mol. The zero-order valence-corrected chi connectivity index (χ0v) is 9.99. The summed E-state index contributed by atoms with van der Waals surface area (Å²) < 4.78 is 0. The standard InChI is InChI=1S/4NO3.2H3N.Ni/c4*2-1(3)4;;;/h;;;;2*1H3;/q4*-1;;;+2/p+2. The molecule has 0 aliphatic rings. The quantitative estimate of drug-likeness (QED) is 0.327. The summed E-state index contributed by atoms with van der Waals surface area (Å²) in [5.41, 5.74) is 0. The molecule has 0 rings (SSSR count). The van der Waals surface area contributed by atoms with Crippen LogP contribution in [-0.4, -0.2) is 20.3 Å². The van der Waals surface area contributed by atoms with Crippen molar-refractivity contribution in [2.75, 3.05) is 0 Å². The molecule has 18 nitrogen and oxygen atoms in total. The van der Waals surface area contributed by atoms with E-state index >= 15 is 0 Å². The summed E-state index contributed by atoms with van der Waals surface area (Å²) in [4.78, 5) is 33.0. The molecule has 0 spiro atoms. The van der Waals surface area contributed by atoms with E-state index in [1.165, 1.54) is 0 Å². The molecule has 19 heteroatoms. The predicted molar refractivity (Wildman–Crippen MR) is 53.4 cm³/mol. The number of quaternary nitrogens is 2. The Hall–Kier alpha value is -2.79. The molecule has 0 aromatic carbocycles. The first-order chi connectivity index (χ1) is 6.93. The molecule has 0 heterocycles. The van der Waals surface area contributed by atoms with E-state index in [1.807, 2.05) is 0 Å². The Bertz CT molecular complexity index is 162. The topological polar surface area (TPSA) is 338 Å². The Labute approximate surface area is 111 Å². The fourth-order valence-electron chi connectivity index (χ4n) is 0. The Balaban J connectivity index is -0.0000000192. The first kappa shape index (κ1) is 44.2. The maximum Gasteiger partial charge on any atom is 2.00 e. The van der Waals surface area contributed by atoms with Crippen molar-refractivity contribution in [3.05, 3.63) is 61.3 Å². The van der Waals surface area contributed by atoms with Gasteiger partial charge < -0.3 is 73.6 Å². The molecule has 0 amide bonds. The second-order valence-corrected chi connectivity index (χ2v) is 0.894. The van der Waals surface area contributed by atoms with Gasteiger partial charge in [-0.1, -0.05) is 0 Å². The van der Waals surface area contributed by atoms with Crippen LogP contribution >= 0.6 is 0 Å². The molecule has 0 radical (unpaired) electrons. The number of hydrogen-bond acceptors (Lipinski definition) is 12. The summed E-state index contributed by atoms with van der Waals surface area (Å²) in [6.45, 7) is 0. The van der Waals surface area contributed by atoms with Crippen LogP contribution in [0.25, 0.3) is 0 Å². The van der Waals surface area contributed by atoms with Gasteiger partial charge in [-0.3, -0.25) is 0 Å². The zero-order chi connectivity index (χ0) is 14.3. The van der Waals surface area contributed by atoms with Gasteiger partial charge in [-0.15, -0.1) is 0 Å². The van der Waals surface area contributed by atoms with E-state index in [1.54, 1.807) is 0 Å². The van der Waals surface area contributed by atoms with E-state index in [-0.39, 0.29) is 28.8 Å². The summed E-state index contributed by atoms with van der Waals surface area (Å²) in [5.74, 6) is 0. The van der Waals surface area contributed by atoms with E-state index in [9.17, 15) is 0 Å². The molecule has 120 valence electrons. The summed E-state index contributed by atoms with van der Waals surface area (Å²) in [6.07, 6.45) is 0. The Morgan fingerprint density at radius 2 is 0.421 bits per heavy atom. The molecule has 8 N–H and O–H groups in total. The molecule has 0 aliphatic heterocycles. The van der Waals surface area contributed by atoms with Crippen LogP contribution in [0.4, 0.5) is 0 Å². The normalized spacial score (nSPS) is 5.05. The van der Waals surface area contributed by atoms with E-state index in [0.717, 1.165) is 0 Å². The second-order valence-electron chi connectivity index (χ2n) is 0.894. The molecule has 0 aliphatic carbocycles. The van der Waals surface area contributed by atoms with Crippen LogP contribution in [-0.2, 0) is 16.5 Å². The minimum absolute atomic E-state index is 0. The molecule has 0 saturated heterocycles. The van der Waals surface area contributed by atoms with Crippen molar-refractivity contribution >= 4 is 0 Å². The van der Waals surface area contributed by atoms with Crippen molar-refractivity contribution in [1.82, 2.24) is 12.3 Å². The van der Waals surface area contributed by atoms with Crippen molar-refractivity contribution in [2.24, 2.45) is 0 Å². The average Bonchev–Trinajstić information content (AvgIpc) is 1.76. The Morgan fingerprint density at radius 3 is 0.421 bits per heavy atom. The van der Waals surface area contributed by atoms with Crippen molar-refractivity contribution in [2.45, 2.75) is 0 Å². The summed E-state index contributed by atoms with van der Waals surface area (Å²) in [7, 11) is 0. The van der Waals surface area contributed by atoms with Gasteiger partial charge in [-0.05, 0) is 0 Å². The molecule has 0 aromatic heterocycles. The van der Waals surface area contributed by atoms with Crippen molar-refractivity contribution in [1.29, 1.82) is 0 Å². The van der Waals surface area contributed by atoms with E-state index < -0.39 is 20.3 Å². The van der Waals surface area contributed by atoms with Crippen LogP contribution in [0, 0.1) is 61.3 Å². The maximum absolute atomic E-state index is 8.25. The Kier molecular flexibility index (Phi) is 84.2. The van der Waals surface area contributed by atoms with E-state index in [0.29, 0.717) is 0 Å². The summed E-state index contributed by atoms with van der Waals surface area (Å²) >= 11 is 0. The van der Waals surface area contributed by atoms with Crippen molar-refractivity contribution < 1.29 is 36.8 Å². The molecule has 0 fully saturated rings. The molecule has 19 heavy (non-hydrogen) atoms. The van der Waals surface area contributed by atoms with Gasteiger partial charge in [0.05, 0.1) is 20.3 Å². The van der Waals surface area contributed by atoms with Gasteiger partial charge in [0.2, 0.25) is 0 Å². The van der Waals surface area contributed by atoms with Gasteiger partial charge in [0.15, 0.2) is 0 Å². The van der Waals surface area contributed by atoms with Gasteiger partial charge in [0, 0.05) is 0 Å². The van der Waals surface area contributed by atoms with Gasteiger partial charge in [0.25, 0.3) is 0 Å². The minimum atomic E-state index is -1.75. The third kappa shape index (κ3) is 342. The van der Waals surface area contributed by atoms with Crippen LogP contribution in [0.1, 0.15) is 0 Å². The predicted octanol–water partition coefficient (Wildman–Crippen LogP) is -0.207. The monoisotopic (exact) mass is 342 g/mol. The van der Waals surface area contributed by atoms with Crippen LogP contribution in [0.3, 0.4) is 0 Å². The minimum Gasteiger partial charge on any atom is -0.369 e. The largest absolute Gasteiger partial charge is 2.00 e. The van der Waals surface area contributed by atoms with Crippen LogP contribution in [0.5, 0.6) is 0 Å². The molecule has 0 unspecified atom stereocenters. The van der Waals surface area contributed by atoms with Crippen molar-refractivity contribution in [3.8, 4) is 0 Å². The molecule has 0 aromatic rings. The van der Waals surface area contributed by atoms with Gasteiger partial charge in [0.1, 0.15) is 0 Å². The third-order valence-electron chi connectivity index (χ3n) is 0. The van der Waals surface area contributed by atoms with Gasteiger partial charge in [-0.2, -0.15) is 0 Å². The van der Waals surface area contributed by atoms with Gasteiger partial charge >= 0.3 is 16.5 Å². The SMILES string of the molecule is O=[N+]([O-])[O-].O=[N+]([O-])[O-].O=[N+]([O-])[O-].O=[N+]([O-])[O-].[NH4+].[NH4+].[Ni+2]. The summed E-state index contributed by atoms with van der Waals surface area (Å²) in [5, 5.41) is 59.0. The van der Waals surface area contributed by atoms with Crippen molar-refractivity contribution in [3.63, 3.8) is 0 Å². The smallest absolute Gasteiger partial charge is 0.369 e. The maximum atomic E-state index is 8.25. The first-order valence-corrected chi connectivity index (χ1v) is 2.19. The first-order valence-electron chi connectivity index (χ1n) is 2.19. The fourth-order valence-corrected chi connectivity index (χ4v) is 0. The average molecular weight is 343 g/mol. The fraction of sp³-hybridized carbons (Fsp3) is 0. The molecule has 0 saturated carbocycles. The van der Waals surface area contributed by atoms with E-state index in [2.05, 4.69) is 0 Å². The van der Waals surface area contributed by atoms with Crippen LogP contribution < -0.4 is 12.3 Å².